The summed E-state index contributed by atoms with van der Waals surface area (Å²) in [6, 6.07) is 3.75. The number of hydrogen-bond donors (Lipinski definition) is 0. The summed E-state index contributed by atoms with van der Waals surface area (Å²) in [7, 11) is 2.09. The standard InChI is InChI=1S/C25H32ClNO2/c1-16-11-17(2)21(25(29)12-16)9-10-24(28)22-13-20(26)14-23(18(22)3)27(4)15-19-7-5-6-8-19/h11-14,19,21H,5-10,15H2,1-4H3. The summed E-state index contributed by atoms with van der Waals surface area (Å²) in [4.78, 5) is 27.6. The molecule has 0 aromatic heterocycles. The number of benzene rings is 1. The molecule has 3 nitrogen and oxygen atoms in total. The quantitative estimate of drug-likeness (QED) is 0.490. The number of hydrogen-bond acceptors (Lipinski definition) is 3. The lowest BCUT2D eigenvalue weighted by atomic mass is 9.84. The van der Waals surface area contributed by atoms with Crippen molar-refractivity contribution in [1.29, 1.82) is 0 Å². The maximum atomic E-state index is 13.0. The van der Waals surface area contributed by atoms with Gasteiger partial charge in [0.2, 0.25) is 0 Å². The molecule has 0 saturated heterocycles. The van der Waals surface area contributed by atoms with Crippen molar-refractivity contribution in [3.8, 4) is 0 Å². The number of ketones is 2. The molecular weight excluding hydrogens is 382 g/mol. The van der Waals surface area contributed by atoms with Crippen LogP contribution in [0.4, 0.5) is 5.69 Å². The van der Waals surface area contributed by atoms with E-state index in [4.69, 9.17) is 11.6 Å². The predicted molar refractivity (Wildman–Crippen MR) is 121 cm³/mol. The fourth-order valence-corrected chi connectivity index (χ4v) is 5.07. The van der Waals surface area contributed by atoms with Crippen LogP contribution >= 0.6 is 11.6 Å². The van der Waals surface area contributed by atoms with E-state index in [9.17, 15) is 9.59 Å². The lowest BCUT2D eigenvalue weighted by Crippen LogP contribution is -2.25. The fraction of sp³-hybridized carbons (Fsp3) is 0.520. The van der Waals surface area contributed by atoms with Crippen LogP contribution in [0.3, 0.4) is 0 Å². The molecule has 1 fully saturated rings. The van der Waals surface area contributed by atoms with Crippen molar-refractivity contribution in [3.63, 3.8) is 0 Å². The second-order valence-electron chi connectivity index (χ2n) is 8.82. The second-order valence-corrected chi connectivity index (χ2v) is 9.26. The van der Waals surface area contributed by atoms with Crippen LogP contribution < -0.4 is 4.90 Å². The third-order valence-corrected chi connectivity index (χ3v) is 6.66. The van der Waals surface area contributed by atoms with Crippen LogP contribution in [0.5, 0.6) is 0 Å². The fourth-order valence-electron chi connectivity index (χ4n) is 4.86. The Morgan fingerprint density at radius 3 is 2.48 bits per heavy atom. The average molecular weight is 414 g/mol. The van der Waals surface area contributed by atoms with Gasteiger partial charge in [0.15, 0.2) is 11.6 Å². The highest BCUT2D eigenvalue weighted by Gasteiger charge is 2.24. The lowest BCUT2D eigenvalue weighted by molar-refractivity contribution is -0.117. The summed E-state index contributed by atoms with van der Waals surface area (Å²) >= 11 is 6.39. The van der Waals surface area contributed by atoms with E-state index in [1.807, 2.05) is 32.9 Å². The number of nitrogens with zero attached hydrogens (tertiary/aromatic N) is 1. The largest absolute Gasteiger partial charge is 0.374 e. The van der Waals surface area contributed by atoms with Crippen molar-refractivity contribution >= 4 is 28.9 Å². The summed E-state index contributed by atoms with van der Waals surface area (Å²) in [6.45, 7) is 6.92. The maximum Gasteiger partial charge on any atom is 0.163 e. The summed E-state index contributed by atoms with van der Waals surface area (Å²) in [6.07, 6.45) is 9.82. The zero-order valence-corrected chi connectivity index (χ0v) is 18.8. The van der Waals surface area contributed by atoms with Gasteiger partial charge in [0.25, 0.3) is 0 Å². The van der Waals surface area contributed by atoms with Crippen LogP contribution in [-0.4, -0.2) is 25.2 Å². The third kappa shape index (κ3) is 5.19. The van der Waals surface area contributed by atoms with E-state index in [0.717, 1.165) is 34.9 Å². The Hall–Kier alpha value is -1.87. The van der Waals surface area contributed by atoms with E-state index in [0.29, 0.717) is 23.4 Å². The Labute approximate surface area is 179 Å². The molecule has 1 saturated carbocycles. The molecule has 0 aliphatic heterocycles. The van der Waals surface area contributed by atoms with Crippen LogP contribution in [0.15, 0.2) is 35.4 Å². The van der Waals surface area contributed by atoms with Gasteiger partial charge in [-0.1, -0.05) is 36.1 Å². The van der Waals surface area contributed by atoms with Crippen molar-refractivity contribution in [2.75, 3.05) is 18.5 Å². The first-order valence-electron chi connectivity index (χ1n) is 10.7. The number of carbonyl (C=O) groups is 2. The molecule has 1 aromatic rings. The van der Waals surface area contributed by atoms with Gasteiger partial charge in [0.05, 0.1) is 0 Å². The molecule has 0 bridgehead atoms. The summed E-state index contributed by atoms with van der Waals surface area (Å²) < 4.78 is 0. The highest BCUT2D eigenvalue weighted by atomic mass is 35.5. The minimum absolute atomic E-state index is 0.0624. The number of anilines is 1. The third-order valence-electron chi connectivity index (χ3n) is 6.44. The van der Waals surface area contributed by atoms with Crippen molar-refractivity contribution < 1.29 is 9.59 Å². The first-order valence-corrected chi connectivity index (χ1v) is 11.1. The van der Waals surface area contributed by atoms with Gasteiger partial charge in [0.1, 0.15) is 0 Å². The normalized spacial score (nSPS) is 19.9. The molecule has 156 valence electrons. The average Bonchev–Trinajstić information content (AvgIpc) is 3.15. The molecule has 4 heteroatoms. The minimum Gasteiger partial charge on any atom is -0.374 e. The molecule has 1 atom stereocenters. The van der Waals surface area contributed by atoms with Gasteiger partial charge in [-0.3, -0.25) is 9.59 Å². The molecular formula is C25H32ClNO2. The van der Waals surface area contributed by atoms with E-state index >= 15 is 0 Å². The summed E-state index contributed by atoms with van der Waals surface area (Å²) in [5.41, 5.74) is 4.73. The van der Waals surface area contributed by atoms with Crippen LogP contribution in [0.2, 0.25) is 5.02 Å². The van der Waals surface area contributed by atoms with E-state index in [1.165, 1.54) is 25.7 Å². The summed E-state index contributed by atoms with van der Waals surface area (Å²) in [5, 5.41) is 0.593. The zero-order valence-electron chi connectivity index (χ0n) is 18.1. The molecule has 0 heterocycles. The first-order chi connectivity index (χ1) is 13.8. The molecule has 2 aliphatic carbocycles. The van der Waals surface area contributed by atoms with E-state index in [1.54, 1.807) is 12.1 Å². The second kappa shape index (κ2) is 9.30. The van der Waals surface area contributed by atoms with Gasteiger partial charge in [-0.05, 0) is 75.3 Å². The number of halogens is 1. The highest BCUT2D eigenvalue weighted by Crippen LogP contribution is 2.32. The molecule has 0 spiro atoms. The molecule has 0 amide bonds. The number of Topliss-reactive ketones (excluding diaryl/α,β-unsaturated/α-hetero) is 1. The highest BCUT2D eigenvalue weighted by molar-refractivity contribution is 6.31. The Kier molecular flexibility index (Phi) is 7.00. The van der Waals surface area contributed by atoms with Gasteiger partial charge in [-0.25, -0.2) is 0 Å². The van der Waals surface area contributed by atoms with Crippen molar-refractivity contribution in [2.24, 2.45) is 11.8 Å². The van der Waals surface area contributed by atoms with E-state index in [-0.39, 0.29) is 17.5 Å². The molecule has 3 rings (SSSR count). The zero-order chi connectivity index (χ0) is 21.1. The minimum atomic E-state index is -0.188. The van der Waals surface area contributed by atoms with Crippen LogP contribution in [0.1, 0.15) is 68.3 Å². The lowest BCUT2D eigenvalue weighted by Gasteiger charge is -2.26. The van der Waals surface area contributed by atoms with Crippen LogP contribution in [0.25, 0.3) is 0 Å². The van der Waals surface area contributed by atoms with E-state index < -0.39 is 0 Å². The Morgan fingerprint density at radius 2 is 1.83 bits per heavy atom. The van der Waals surface area contributed by atoms with Gasteiger partial charge in [-0.2, -0.15) is 0 Å². The topological polar surface area (TPSA) is 37.4 Å². The first kappa shape index (κ1) is 21.8. The SMILES string of the molecule is CC1=CC(=O)C(CCC(=O)c2cc(Cl)cc(N(C)CC3CCCC3)c2C)C(C)=C1. The smallest absolute Gasteiger partial charge is 0.163 e. The molecule has 0 radical (unpaired) electrons. The van der Waals surface area contributed by atoms with Gasteiger partial charge < -0.3 is 4.90 Å². The van der Waals surface area contributed by atoms with Gasteiger partial charge in [0, 0.05) is 42.2 Å². The Morgan fingerprint density at radius 1 is 1.14 bits per heavy atom. The van der Waals surface area contributed by atoms with Crippen molar-refractivity contribution in [2.45, 2.75) is 59.3 Å². The van der Waals surface area contributed by atoms with Crippen molar-refractivity contribution in [1.82, 2.24) is 0 Å². The van der Waals surface area contributed by atoms with Gasteiger partial charge in [-0.15, -0.1) is 0 Å². The van der Waals surface area contributed by atoms with Crippen molar-refractivity contribution in [3.05, 3.63) is 51.6 Å². The number of rotatable bonds is 7. The molecule has 2 aliphatic rings. The number of carbonyl (C=O) groups excluding carboxylic acids is 2. The van der Waals surface area contributed by atoms with Crippen LogP contribution in [0, 0.1) is 18.8 Å². The molecule has 1 unspecified atom stereocenters. The monoisotopic (exact) mass is 413 g/mol. The summed E-state index contributed by atoms with van der Waals surface area (Å²) in [5.74, 6) is 0.704. The molecule has 29 heavy (non-hydrogen) atoms. The van der Waals surface area contributed by atoms with E-state index in [2.05, 4.69) is 11.9 Å². The maximum absolute atomic E-state index is 13.0. The van der Waals surface area contributed by atoms with Crippen LogP contribution in [-0.2, 0) is 4.79 Å². The van der Waals surface area contributed by atoms with Gasteiger partial charge >= 0.3 is 0 Å². The Bertz CT molecular complexity index is 862. The number of allylic oxidation sites excluding steroid dienone is 4. The molecule has 0 N–H and O–H groups in total. The predicted octanol–water partition coefficient (Wildman–Crippen LogP) is 6.33. The Balaban J connectivity index is 1.72. The molecule has 1 aromatic carbocycles.